The molecule has 1 aliphatic heterocycles. The molecule has 0 aromatic carbocycles. The molecule has 1 unspecified atom stereocenters. The minimum absolute atomic E-state index is 0.312. The van der Waals surface area contributed by atoms with Gasteiger partial charge in [0.2, 0.25) is 0 Å². The maximum atomic E-state index is 5.81. The molecular formula is C10H22O3Si. The second-order valence-electron chi connectivity index (χ2n) is 4.19. The van der Waals surface area contributed by atoms with Crippen molar-refractivity contribution in [2.24, 2.45) is 0 Å². The van der Waals surface area contributed by atoms with E-state index in [9.17, 15) is 0 Å². The Balaban J connectivity index is 2.14. The number of rotatable bonds is 6. The van der Waals surface area contributed by atoms with E-state index in [4.69, 9.17) is 13.6 Å². The summed E-state index contributed by atoms with van der Waals surface area (Å²) >= 11 is 0. The molecule has 0 N–H and O–H groups in total. The number of hydrogen-bond acceptors (Lipinski definition) is 3. The molecule has 14 heavy (non-hydrogen) atoms. The Morgan fingerprint density at radius 2 is 2.14 bits per heavy atom. The SMILES string of the molecule is CCCO[Si](C)(C)OCC1CCCO1. The van der Waals surface area contributed by atoms with Gasteiger partial charge in [-0.05, 0) is 32.4 Å². The van der Waals surface area contributed by atoms with E-state index in [1.807, 2.05) is 0 Å². The first kappa shape index (κ1) is 12.2. The molecule has 1 heterocycles. The van der Waals surface area contributed by atoms with Crippen LogP contribution in [0.4, 0.5) is 0 Å². The summed E-state index contributed by atoms with van der Waals surface area (Å²) in [5, 5.41) is 0. The average molecular weight is 218 g/mol. The molecule has 1 aliphatic rings. The first-order valence-corrected chi connectivity index (χ1v) is 8.35. The van der Waals surface area contributed by atoms with Crippen LogP contribution in [0.15, 0.2) is 0 Å². The normalized spacial score (nSPS) is 22.9. The van der Waals surface area contributed by atoms with Gasteiger partial charge in [-0.2, -0.15) is 0 Å². The minimum atomic E-state index is -1.87. The molecule has 0 aromatic rings. The summed E-state index contributed by atoms with van der Waals surface area (Å²) in [6, 6.07) is 0. The Labute approximate surface area is 88.0 Å². The molecule has 1 rings (SSSR count). The third-order valence-corrected chi connectivity index (χ3v) is 4.06. The lowest BCUT2D eigenvalue weighted by molar-refractivity contribution is 0.0507. The van der Waals surface area contributed by atoms with E-state index in [2.05, 4.69) is 20.0 Å². The van der Waals surface area contributed by atoms with E-state index in [0.717, 1.165) is 26.1 Å². The molecule has 0 bridgehead atoms. The minimum Gasteiger partial charge on any atom is -0.395 e. The van der Waals surface area contributed by atoms with E-state index in [1.54, 1.807) is 0 Å². The molecule has 1 saturated heterocycles. The molecule has 4 heteroatoms. The van der Waals surface area contributed by atoms with Gasteiger partial charge in [0.25, 0.3) is 0 Å². The van der Waals surface area contributed by atoms with Crippen LogP contribution < -0.4 is 0 Å². The van der Waals surface area contributed by atoms with Crippen LogP contribution in [0.2, 0.25) is 13.1 Å². The highest BCUT2D eigenvalue weighted by atomic mass is 28.4. The van der Waals surface area contributed by atoms with Crippen LogP contribution in [-0.2, 0) is 13.6 Å². The van der Waals surface area contributed by atoms with Gasteiger partial charge in [-0.25, -0.2) is 0 Å². The van der Waals surface area contributed by atoms with Crippen molar-refractivity contribution in [2.45, 2.75) is 45.4 Å². The van der Waals surface area contributed by atoms with Crippen LogP contribution in [0, 0.1) is 0 Å². The monoisotopic (exact) mass is 218 g/mol. The molecule has 1 fully saturated rings. The first-order valence-electron chi connectivity index (χ1n) is 5.53. The maximum Gasteiger partial charge on any atom is 0.331 e. The fourth-order valence-electron chi connectivity index (χ4n) is 1.46. The Bertz CT molecular complexity index is 155. The predicted octanol–water partition coefficient (Wildman–Crippen LogP) is 2.31. The van der Waals surface area contributed by atoms with Gasteiger partial charge >= 0.3 is 8.56 Å². The van der Waals surface area contributed by atoms with Crippen molar-refractivity contribution in [3.8, 4) is 0 Å². The van der Waals surface area contributed by atoms with Crippen LogP contribution >= 0.6 is 0 Å². The van der Waals surface area contributed by atoms with Gasteiger partial charge in [-0.1, -0.05) is 6.92 Å². The van der Waals surface area contributed by atoms with E-state index < -0.39 is 8.56 Å². The lowest BCUT2D eigenvalue weighted by Crippen LogP contribution is -2.37. The fourth-order valence-corrected chi connectivity index (χ4v) is 2.83. The van der Waals surface area contributed by atoms with Crippen LogP contribution in [0.25, 0.3) is 0 Å². The zero-order valence-electron chi connectivity index (χ0n) is 9.54. The summed E-state index contributed by atoms with van der Waals surface area (Å²) < 4.78 is 17.0. The first-order chi connectivity index (χ1) is 6.64. The van der Waals surface area contributed by atoms with Crippen molar-refractivity contribution in [3.63, 3.8) is 0 Å². The molecule has 0 saturated carbocycles. The van der Waals surface area contributed by atoms with E-state index in [1.165, 1.54) is 6.42 Å². The van der Waals surface area contributed by atoms with Gasteiger partial charge in [0.15, 0.2) is 0 Å². The lowest BCUT2D eigenvalue weighted by Gasteiger charge is -2.24. The lowest BCUT2D eigenvalue weighted by atomic mass is 10.2. The molecule has 0 spiro atoms. The van der Waals surface area contributed by atoms with Crippen molar-refractivity contribution in [1.29, 1.82) is 0 Å². The van der Waals surface area contributed by atoms with Crippen molar-refractivity contribution in [3.05, 3.63) is 0 Å². The Hall–Kier alpha value is 0.0969. The zero-order chi connectivity index (χ0) is 10.4. The van der Waals surface area contributed by atoms with Gasteiger partial charge in [0.1, 0.15) is 0 Å². The highest BCUT2D eigenvalue weighted by Gasteiger charge is 2.26. The molecule has 0 radical (unpaired) electrons. The quantitative estimate of drug-likeness (QED) is 0.640. The van der Waals surface area contributed by atoms with Crippen LogP contribution in [0.1, 0.15) is 26.2 Å². The van der Waals surface area contributed by atoms with Crippen molar-refractivity contribution in [2.75, 3.05) is 19.8 Å². The Morgan fingerprint density at radius 1 is 1.36 bits per heavy atom. The Kier molecular flexibility index (Phi) is 5.09. The largest absolute Gasteiger partial charge is 0.395 e. The van der Waals surface area contributed by atoms with Gasteiger partial charge in [0.05, 0.1) is 12.7 Å². The van der Waals surface area contributed by atoms with Crippen molar-refractivity contribution in [1.82, 2.24) is 0 Å². The smallest absolute Gasteiger partial charge is 0.331 e. The summed E-state index contributed by atoms with van der Waals surface area (Å²) in [6.45, 7) is 8.72. The summed E-state index contributed by atoms with van der Waals surface area (Å²) in [5.41, 5.74) is 0. The standard InChI is InChI=1S/C10H22O3Si/c1-4-7-12-14(2,3)13-9-10-6-5-8-11-10/h10H,4-9H2,1-3H3. The summed E-state index contributed by atoms with van der Waals surface area (Å²) in [5.74, 6) is 0. The Morgan fingerprint density at radius 3 is 2.71 bits per heavy atom. The maximum absolute atomic E-state index is 5.81. The van der Waals surface area contributed by atoms with Crippen LogP contribution in [0.5, 0.6) is 0 Å². The van der Waals surface area contributed by atoms with Crippen LogP contribution in [0.3, 0.4) is 0 Å². The molecule has 0 amide bonds. The second kappa shape index (κ2) is 5.85. The molecule has 84 valence electrons. The van der Waals surface area contributed by atoms with E-state index >= 15 is 0 Å². The summed E-state index contributed by atoms with van der Waals surface area (Å²) in [7, 11) is -1.87. The van der Waals surface area contributed by atoms with Gasteiger partial charge in [0, 0.05) is 13.2 Å². The van der Waals surface area contributed by atoms with E-state index in [0.29, 0.717) is 12.7 Å². The fraction of sp³-hybridized carbons (Fsp3) is 1.00. The van der Waals surface area contributed by atoms with Crippen molar-refractivity contribution >= 4 is 8.56 Å². The molecular weight excluding hydrogens is 196 g/mol. The van der Waals surface area contributed by atoms with E-state index in [-0.39, 0.29) is 0 Å². The highest BCUT2D eigenvalue weighted by molar-refractivity contribution is 6.64. The van der Waals surface area contributed by atoms with Gasteiger partial charge in [-0.15, -0.1) is 0 Å². The molecule has 3 nitrogen and oxygen atoms in total. The molecule has 0 aliphatic carbocycles. The molecule has 0 aromatic heterocycles. The second-order valence-corrected chi connectivity index (χ2v) is 7.57. The number of hydrogen-bond donors (Lipinski definition) is 0. The third-order valence-electron chi connectivity index (χ3n) is 2.29. The molecule has 1 atom stereocenters. The summed E-state index contributed by atoms with van der Waals surface area (Å²) in [6.07, 6.45) is 3.68. The highest BCUT2D eigenvalue weighted by Crippen LogP contribution is 2.15. The third kappa shape index (κ3) is 4.55. The topological polar surface area (TPSA) is 27.7 Å². The van der Waals surface area contributed by atoms with Crippen LogP contribution in [-0.4, -0.2) is 34.5 Å². The van der Waals surface area contributed by atoms with Crippen molar-refractivity contribution < 1.29 is 13.6 Å². The average Bonchev–Trinajstić information content (AvgIpc) is 2.64. The summed E-state index contributed by atoms with van der Waals surface area (Å²) in [4.78, 5) is 0. The zero-order valence-corrected chi connectivity index (χ0v) is 10.5. The van der Waals surface area contributed by atoms with Gasteiger partial charge < -0.3 is 13.6 Å². The van der Waals surface area contributed by atoms with Gasteiger partial charge in [-0.3, -0.25) is 0 Å². The number of ether oxygens (including phenoxy) is 1. The predicted molar refractivity (Wildman–Crippen MR) is 58.7 cm³/mol.